The first kappa shape index (κ1) is 19.9. The summed E-state index contributed by atoms with van der Waals surface area (Å²) in [5, 5.41) is 8.09. The summed E-state index contributed by atoms with van der Waals surface area (Å²) in [5.41, 5.74) is 2.18. The molecule has 7 heteroatoms. The van der Waals surface area contributed by atoms with Crippen molar-refractivity contribution < 1.29 is 9.21 Å². The van der Waals surface area contributed by atoms with E-state index in [1.807, 2.05) is 31.2 Å². The molecule has 2 aliphatic heterocycles. The molecule has 2 aliphatic rings. The second kappa shape index (κ2) is 8.59. The zero-order valence-electron chi connectivity index (χ0n) is 17.7. The highest BCUT2D eigenvalue weighted by molar-refractivity contribution is 5.77. The number of carbonyl (C=O) groups excluding carboxylic acids is 1. The molecule has 7 nitrogen and oxygen atoms in total. The number of rotatable bonds is 6. The van der Waals surface area contributed by atoms with Crippen LogP contribution in [0.2, 0.25) is 0 Å². The molecule has 0 unspecified atom stereocenters. The average molecular weight is 418 g/mol. The minimum absolute atomic E-state index is 0.108. The summed E-state index contributed by atoms with van der Waals surface area (Å²) in [4.78, 5) is 22.1. The molecule has 3 aromatic rings. The van der Waals surface area contributed by atoms with Crippen molar-refractivity contribution in [3.05, 3.63) is 77.8 Å². The minimum atomic E-state index is 0.108. The third-order valence-electron chi connectivity index (χ3n) is 6.45. The van der Waals surface area contributed by atoms with Crippen molar-refractivity contribution in [1.82, 2.24) is 25.0 Å². The van der Waals surface area contributed by atoms with Crippen molar-refractivity contribution in [3.8, 4) is 0 Å². The fraction of sp³-hybridized carbons (Fsp3) is 0.417. The summed E-state index contributed by atoms with van der Waals surface area (Å²) in [5.74, 6) is 2.34. The summed E-state index contributed by atoms with van der Waals surface area (Å²) in [6.07, 6.45) is 2.95. The van der Waals surface area contributed by atoms with Gasteiger partial charge in [0.2, 0.25) is 17.7 Å². The van der Waals surface area contributed by atoms with Gasteiger partial charge in [-0.1, -0.05) is 36.4 Å². The van der Waals surface area contributed by atoms with Crippen molar-refractivity contribution in [3.63, 3.8) is 0 Å². The molecule has 0 saturated carbocycles. The van der Waals surface area contributed by atoms with Gasteiger partial charge in [-0.05, 0) is 30.0 Å². The van der Waals surface area contributed by atoms with Crippen molar-refractivity contribution in [1.29, 1.82) is 0 Å². The van der Waals surface area contributed by atoms with E-state index in [2.05, 4.69) is 49.2 Å². The highest BCUT2D eigenvalue weighted by Crippen LogP contribution is 2.45. The monoisotopic (exact) mass is 417 g/mol. The Labute approximate surface area is 182 Å². The van der Waals surface area contributed by atoms with Crippen LogP contribution >= 0.6 is 0 Å². The van der Waals surface area contributed by atoms with E-state index in [4.69, 9.17) is 4.42 Å². The third-order valence-corrected chi connectivity index (χ3v) is 6.45. The van der Waals surface area contributed by atoms with Gasteiger partial charge < -0.3 is 9.32 Å². The fourth-order valence-corrected chi connectivity index (χ4v) is 5.12. The molecule has 2 saturated heterocycles. The van der Waals surface area contributed by atoms with Crippen LogP contribution in [0.15, 0.2) is 59.1 Å². The van der Waals surface area contributed by atoms with Crippen LogP contribution in [0.5, 0.6) is 0 Å². The normalized spacial score (nSPS) is 23.3. The molecule has 1 aromatic carbocycles. The van der Waals surface area contributed by atoms with E-state index in [1.54, 1.807) is 6.20 Å². The summed E-state index contributed by atoms with van der Waals surface area (Å²) in [7, 11) is 0. The zero-order chi connectivity index (χ0) is 21.2. The van der Waals surface area contributed by atoms with Crippen LogP contribution in [0, 0.1) is 18.8 Å². The molecule has 0 bridgehead atoms. The summed E-state index contributed by atoms with van der Waals surface area (Å²) < 4.78 is 5.58. The second-order valence-corrected chi connectivity index (χ2v) is 8.56. The van der Waals surface area contributed by atoms with Crippen LogP contribution in [-0.4, -0.2) is 50.5 Å². The largest absolute Gasteiger partial charge is 0.424 e. The van der Waals surface area contributed by atoms with Crippen molar-refractivity contribution >= 4 is 5.91 Å². The summed E-state index contributed by atoms with van der Waals surface area (Å²) in [6, 6.07) is 16.4. The molecule has 0 N–H and O–H groups in total. The van der Waals surface area contributed by atoms with E-state index in [9.17, 15) is 4.79 Å². The van der Waals surface area contributed by atoms with Crippen LogP contribution < -0.4 is 0 Å². The Bertz CT molecular complexity index is 1020. The first-order chi connectivity index (χ1) is 15.2. The second-order valence-electron chi connectivity index (χ2n) is 8.56. The van der Waals surface area contributed by atoms with Crippen molar-refractivity contribution in [2.24, 2.45) is 11.8 Å². The maximum atomic E-state index is 13.3. The van der Waals surface area contributed by atoms with Gasteiger partial charge in [-0.3, -0.25) is 14.7 Å². The number of amides is 1. The van der Waals surface area contributed by atoms with Gasteiger partial charge in [-0.15, -0.1) is 10.2 Å². The number of pyridine rings is 1. The van der Waals surface area contributed by atoms with Crippen LogP contribution in [-0.2, 0) is 17.8 Å². The van der Waals surface area contributed by atoms with E-state index in [0.29, 0.717) is 43.0 Å². The molecule has 5 rings (SSSR count). The highest BCUT2D eigenvalue weighted by atomic mass is 16.4. The predicted molar refractivity (Wildman–Crippen MR) is 115 cm³/mol. The lowest BCUT2D eigenvalue weighted by Crippen LogP contribution is -2.35. The molecule has 0 spiro atoms. The molecule has 2 fully saturated rings. The number of carbonyl (C=O) groups is 1. The van der Waals surface area contributed by atoms with Gasteiger partial charge in [0.05, 0.1) is 12.6 Å². The van der Waals surface area contributed by atoms with Gasteiger partial charge in [0.1, 0.15) is 0 Å². The van der Waals surface area contributed by atoms with Gasteiger partial charge in [0.15, 0.2) is 0 Å². The highest BCUT2D eigenvalue weighted by Gasteiger charge is 2.48. The Morgan fingerprint density at radius 1 is 1.06 bits per heavy atom. The minimum Gasteiger partial charge on any atom is -0.424 e. The molecule has 2 aromatic heterocycles. The fourth-order valence-electron chi connectivity index (χ4n) is 5.12. The average Bonchev–Trinajstić information content (AvgIpc) is 3.47. The number of benzene rings is 1. The summed E-state index contributed by atoms with van der Waals surface area (Å²) in [6.45, 7) is 5.15. The van der Waals surface area contributed by atoms with Gasteiger partial charge in [0.25, 0.3) is 0 Å². The molecule has 3 atom stereocenters. The van der Waals surface area contributed by atoms with E-state index in [1.165, 1.54) is 5.56 Å². The van der Waals surface area contributed by atoms with Crippen LogP contribution in [0.1, 0.15) is 35.5 Å². The van der Waals surface area contributed by atoms with Crippen molar-refractivity contribution in [2.75, 3.05) is 19.6 Å². The van der Waals surface area contributed by atoms with Crippen LogP contribution in [0.3, 0.4) is 0 Å². The zero-order valence-corrected chi connectivity index (χ0v) is 17.7. The number of hydrogen-bond acceptors (Lipinski definition) is 6. The summed E-state index contributed by atoms with van der Waals surface area (Å²) >= 11 is 0. The van der Waals surface area contributed by atoms with E-state index >= 15 is 0 Å². The first-order valence-electron chi connectivity index (χ1n) is 10.9. The van der Waals surface area contributed by atoms with Crippen LogP contribution in [0.25, 0.3) is 0 Å². The van der Waals surface area contributed by atoms with Gasteiger partial charge in [-0.2, -0.15) is 0 Å². The van der Waals surface area contributed by atoms with Crippen molar-refractivity contribution in [2.45, 2.75) is 32.4 Å². The number of hydrogen-bond donors (Lipinski definition) is 0. The topological polar surface area (TPSA) is 75.4 Å². The Kier molecular flexibility index (Phi) is 5.51. The van der Waals surface area contributed by atoms with E-state index in [-0.39, 0.29) is 11.9 Å². The maximum Gasteiger partial charge on any atom is 0.230 e. The standard InChI is InChI=1S/C24H27N5O2/c1-17-26-27-22(31-17)16-28-13-19-14-29(23(30)11-10-20-9-5-6-12-25-20)24(21(19)15-28)18-7-3-2-4-8-18/h2-9,12,19,21,24H,10-11,13-16H2,1H3/t19-,21-,24+/m0/s1. The lowest BCUT2D eigenvalue weighted by atomic mass is 9.89. The van der Waals surface area contributed by atoms with Gasteiger partial charge in [-0.25, -0.2) is 0 Å². The van der Waals surface area contributed by atoms with E-state index in [0.717, 1.165) is 25.3 Å². The molecular formula is C24H27N5O2. The molecule has 1 amide bonds. The number of aryl methyl sites for hydroxylation is 2. The van der Waals surface area contributed by atoms with Crippen LogP contribution in [0.4, 0.5) is 0 Å². The number of nitrogens with zero attached hydrogens (tertiary/aromatic N) is 5. The molecule has 160 valence electrons. The Hall–Kier alpha value is -3.06. The molecule has 4 heterocycles. The Morgan fingerprint density at radius 2 is 1.90 bits per heavy atom. The predicted octanol–water partition coefficient (Wildman–Crippen LogP) is 3.04. The Morgan fingerprint density at radius 3 is 2.65 bits per heavy atom. The quantitative estimate of drug-likeness (QED) is 0.614. The van der Waals surface area contributed by atoms with E-state index < -0.39 is 0 Å². The number of aromatic nitrogens is 3. The smallest absolute Gasteiger partial charge is 0.230 e. The van der Waals surface area contributed by atoms with Gasteiger partial charge in [0, 0.05) is 50.8 Å². The first-order valence-corrected chi connectivity index (χ1v) is 10.9. The third kappa shape index (κ3) is 4.23. The number of likely N-dealkylation sites (tertiary alicyclic amines) is 2. The molecule has 0 radical (unpaired) electrons. The molecule has 0 aliphatic carbocycles. The SMILES string of the molecule is Cc1nnc(CN2C[C@H]3CN(C(=O)CCc4ccccn4)[C@H](c4ccccc4)[C@H]3C2)o1. The maximum absolute atomic E-state index is 13.3. The van der Waals surface area contributed by atoms with Gasteiger partial charge >= 0.3 is 0 Å². The number of fused-ring (bicyclic) bond motifs is 1. The Balaban J connectivity index is 1.31. The lowest BCUT2D eigenvalue weighted by Gasteiger charge is -2.30. The lowest BCUT2D eigenvalue weighted by molar-refractivity contribution is -0.132. The molecule has 31 heavy (non-hydrogen) atoms. The molecular weight excluding hydrogens is 390 g/mol.